The Morgan fingerprint density at radius 1 is 1.35 bits per heavy atom. The zero-order valence-corrected chi connectivity index (χ0v) is 12.9. The Morgan fingerprint density at radius 3 is 2.55 bits per heavy atom. The number of benzene rings is 1. The molecule has 2 nitrogen and oxygen atoms in total. The highest BCUT2D eigenvalue weighted by Gasteiger charge is 2.39. The van der Waals surface area contributed by atoms with Gasteiger partial charge >= 0.3 is 0 Å². The zero-order chi connectivity index (χ0) is 14.8. The summed E-state index contributed by atoms with van der Waals surface area (Å²) in [6.07, 6.45) is 3.63. The normalized spacial score (nSPS) is 21.9. The molecule has 2 atom stereocenters. The highest BCUT2D eigenvalue weighted by Crippen LogP contribution is 2.41. The van der Waals surface area contributed by atoms with Gasteiger partial charge in [-0.05, 0) is 55.8 Å². The summed E-state index contributed by atoms with van der Waals surface area (Å²) >= 11 is 0. The van der Waals surface area contributed by atoms with E-state index in [0.717, 1.165) is 18.7 Å². The summed E-state index contributed by atoms with van der Waals surface area (Å²) in [6, 6.07) is 7.02. The average Bonchev–Trinajstić information content (AvgIpc) is 2.83. The SMILES string of the molecule is CCC1(CC)CCN(C(c2cccc(F)c2)C(C)N)C1. The lowest BCUT2D eigenvalue weighted by atomic mass is 9.82. The monoisotopic (exact) mass is 278 g/mol. The third-order valence-corrected chi connectivity index (χ3v) is 5.05. The molecule has 0 amide bonds. The van der Waals surface area contributed by atoms with Crippen LogP contribution >= 0.6 is 0 Å². The van der Waals surface area contributed by atoms with Crippen molar-refractivity contribution in [2.75, 3.05) is 13.1 Å². The van der Waals surface area contributed by atoms with Gasteiger partial charge in [0, 0.05) is 18.6 Å². The Morgan fingerprint density at radius 2 is 2.05 bits per heavy atom. The maximum atomic E-state index is 13.5. The van der Waals surface area contributed by atoms with E-state index in [9.17, 15) is 4.39 Å². The van der Waals surface area contributed by atoms with Crippen molar-refractivity contribution >= 4 is 0 Å². The Bertz CT molecular complexity index is 440. The molecule has 1 aromatic rings. The second-order valence-corrected chi connectivity index (χ2v) is 6.29. The van der Waals surface area contributed by atoms with Crippen LogP contribution in [0.2, 0.25) is 0 Å². The maximum Gasteiger partial charge on any atom is 0.123 e. The van der Waals surface area contributed by atoms with Gasteiger partial charge in [0.25, 0.3) is 0 Å². The Labute approximate surface area is 122 Å². The van der Waals surface area contributed by atoms with Crippen molar-refractivity contribution in [1.82, 2.24) is 4.90 Å². The van der Waals surface area contributed by atoms with Crippen LogP contribution in [0, 0.1) is 11.2 Å². The molecule has 1 aromatic carbocycles. The molecule has 2 rings (SSSR count). The summed E-state index contributed by atoms with van der Waals surface area (Å²) in [7, 11) is 0. The van der Waals surface area contributed by atoms with E-state index in [1.807, 2.05) is 13.0 Å². The lowest BCUT2D eigenvalue weighted by Gasteiger charge is -2.34. The van der Waals surface area contributed by atoms with Crippen molar-refractivity contribution in [1.29, 1.82) is 0 Å². The number of hydrogen-bond donors (Lipinski definition) is 1. The fourth-order valence-corrected chi connectivity index (χ4v) is 3.57. The largest absolute Gasteiger partial charge is 0.326 e. The van der Waals surface area contributed by atoms with Crippen molar-refractivity contribution in [2.45, 2.75) is 52.1 Å². The second-order valence-electron chi connectivity index (χ2n) is 6.29. The molecule has 3 heteroatoms. The van der Waals surface area contributed by atoms with Gasteiger partial charge in [-0.3, -0.25) is 4.90 Å². The van der Waals surface area contributed by atoms with E-state index in [1.54, 1.807) is 12.1 Å². The minimum Gasteiger partial charge on any atom is -0.326 e. The number of rotatable bonds is 5. The molecule has 1 aliphatic heterocycles. The minimum absolute atomic E-state index is 0.00122. The molecule has 2 unspecified atom stereocenters. The molecule has 0 aliphatic carbocycles. The van der Waals surface area contributed by atoms with Crippen molar-refractivity contribution in [3.05, 3.63) is 35.6 Å². The van der Waals surface area contributed by atoms with Crippen molar-refractivity contribution in [3.8, 4) is 0 Å². The molecule has 0 aromatic heterocycles. The molecule has 112 valence electrons. The predicted octanol–water partition coefficient (Wildman–Crippen LogP) is 3.73. The summed E-state index contributed by atoms with van der Waals surface area (Å²) in [5.41, 5.74) is 7.63. The molecular weight excluding hydrogens is 251 g/mol. The lowest BCUT2D eigenvalue weighted by Crippen LogP contribution is -2.39. The quantitative estimate of drug-likeness (QED) is 0.889. The van der Waals surface area contributed by atoms with Crippen LogP contribution in [0.4, 0.5) is 4.39 Å². The van der Waals surface area contributed by atoms with Crippen LogP contribution in [0.5, 0.6) is 0 Å². The standard InChI is InChI=1S/C17H27FN2/c1-4-17(5-2)9-10-20(12-17)16(13(3)19)14-7-6-8-15(18)11-14/h6-8,11,13,16H,4-5,9-10,12,19H2,1-3H3. The smallest absolute Gasteiger partial charge is 0.123 e. The Hall–Kier alpha value is -0.930. The van der Waals surface area contributed by atoms with E-state index < -0.39 is 0 Å². The zero-order valence-electron chi connectivity index (χ0n) is 12.9. The van der Waals surface area contributed by atoms with E-state index in [1.165, 1.54) is 25.3 Å². The van der Waals surface area contributed by atoms with Crippen LogP contribution in [0.1, 0.15) is 51.6 Å². The molecule has 0 spiro atoms. The van der Waals surface area contributed by atoms with Gasteiger partial charge in [0.15, 0.2) is 0 Å². The van der Waals surface area contributed by atoms with Crippen LogP contribution in [0.15, 0.2) is 24.3 Å². The average molecular weight is 278 g/mol. The van der Waals surface area contributed by atoms with Gasteiger partial charge in [0.1, 0.15) is 5.82 Å². The number of nitrogens with two attached hydrogens (primary N) is 1. The van der Waals surface area contributed by atoms with E-state index in [0.29, 0.717) is 5.41 Å². The van der Waals surface area contributed by atoms with Crippen molar-refractivity contribution < 1.29 is 4.39 Å². The first-order valence-electron chi connectivity index (χ1n) is 7.76. The summed E-state index contributed by atoms with van der Waals surface area (Å²) in [6.45, 7) is 8.70. The molecule has 0 saturated carbocycles. The third-order valence-electron chi connectivity index (χ3n) is 5.05. The van der Waals surface area contributed by atoms with Crippen LogP contribution < -0.4 is 5.73 Å². The molecule has 0 bridgehead atoms. The van der Waals surface area contributed by atoms with E-state index >= 15 is 0 Å². The Balaban J connectivity index is 2.23. The lowest BCUT2D eigenvalue weighted by molar-refractivity contribution is 0.178. The number of likely N-dealkylation sites (tertiary alicyclic amines) is 1. The fourth-order valence-electron chi connectivity index (χ4n) is 3.57. The first kappa shape index (κ1) is 15.5. The van der Waals surface area contributed by atoms with E-state index in [2.05, 4.69) is 18.7 Å². The van der Waals surface area contributed by atoms with Gasteiger partial charge in [-0.25, -0.2) is 4.39 Å². The number of hydrogen-bond acceptors (Lipinski definition) is 2. The molecular formula is C17H27FN2. The summed E-state index contributed by atoms with van der Waals surface area (Å²) < 4.78 is 13.5. The van der Waals surface area contributed by atoms with Gasteiger partial charge in [-0.15, -0.1) is 0 Å². The van der Waals surface area contributed by atoms with Gasteiger partial charge in [-0.1, -0.05) is 26.0 Å². The van der Waals surface area contributed by atoms with Crippen LogP contribution in [-0.4, -0.2) is 24.0 Å². The first-order valence-corrected chi connectivity index (χ1v) is 7.76. The van der Waals surface area contributed by atoms with Crippen LogP contribution in [0.25, 0.3) is 0 Å². The highest BCUT2D eigenvalue weighted by atomic mass is 19.1. The fraction of sp³-hybridized carbons (Fsp3) is 0.647. The van der Waals surface area contributed by atoms with Crippen LogP contribution in [0.3, 0.4) is 0 Å². The molecule has 2 N–H and O–H groups in total. The highest BCUT2D eigenvalue weighted by molar-refractivity contribution is 5.22. The number of halogens is 1. The van der Waals surface area contributed by atoms with Crippen molar-refractivity contribution in [3.63, 3.8) is 0 Å². The molecule has 1 heterocycles. The van der Waals surface area contributed by atoms with E-state index in [-0.39, 0.29) is 17.9 Å². The first-order chi connectivity index (χ1) is 9.51. The van der Waals surface area contributed by atoms with Gasteiger partial charge in [0.05, 0.1) is 0 Å². The van der Waals surface area contributed by atoms with Gasteiger partial charge in [-0.2, -0.15) is 0 Å². The minimum atomic E-state index is -0.176. The molecule has 20 heavy (non-hydrogen) atoms. The third kappa shape index (κ3) is 3.04. The number of nitrogens with zero attached hydrogens (tertiary/aromatic N) is 1. The van der Waals surface area contributed by atoms with Gasteiger partial charge < -0.3 is 5.73 Å². The summed E-state index contributed by atoms with van der Waals surface area (Å²) in [5.74, 6) is -0.176. The predicted molar refractivity (Wildman–Crippen MR) is 82.0 cm³/mol. The molecule has 0 radical (unpaired) electrons. The van der Waals surface area contributed by atoms with E-state index in [4.69, 9.17) is 5.73 Å². The van der Waals surface area contributed by atoms with Crippen LogP contribution in [-0.2, 0) is 0 Å². The Kier molecular flexibility index (Phi) is 4.82. The van der Waals surface area contributed by atoms with Gasteiger partial charge in [0.2, 0.25) is 0 Å². The summed E-state index contributed by atoms with van der Waals surface area (Å²) in [5, 5.41) is 0. The summed E-state index contributed by atoms with van der Waals surface area (Å²) in [4.78, 5) is 2.45. The topological polar surface area (TPSA) is 29.3 Å². The maximum absolute atomic E-state index is 13.5. The second kappa shape index (κ2) is 6.23. The van der Waals surface area contributed by atoms with Crippen molar-refractivity contribution in [2.24, 2.45) is 11.1 Å². The molecule has 1 fully saturated rings. The molecule has 1 saturated heterocycles. The molecule has 1 aliphatic rings.